The van der Waals surface area contributed by atoms with Gasteiger partial charge in [0, 0.05) is 99.1 Å². The van der Waals surface area contributed by atoms with Crippen molar-refractivity contribution in [3.05, 3.63) is 110 Å². The maximum atomic E-state index is 13.5. The molecular formula is C80H124N8O48P4S10. The maximum absolute atomic E-state index is 13.5. The van der Waals surface area contributed by atoms with Crippen LogP contribution in [0.1, 0.15) is 173 Å². The number of aliphatic hydroxyl groups excluding tert-OH is 4. The van der Waals surface area contributed by atoms with Gasteiger partial charge >= 0.3 is 43.6 Å². The van der Waals surface area contributed by atoms with Crippen LogP contribution >= 0.6 is 152 Å². The topological polar surface area (TPSA) is 739 Å². The van der Waals surface area contributed by atoms with E-state index in [9.17, 15) is 117 Å². The second-order valence-corrected chi connectivity index (χ2v) is 48.3. The summed E-state index contributed by atoms with van der Waals surface area (Å²) >= 11 is 23.6. The summed E-state index contributed by atoms with van der Waals surface area (Å²) in [6, 6.07) is 4.28. The molecule has 150 heavy (non-hydrogen) atoms. The number of H-pyrrole nitrogens is 4. The van der Waals surface area contributed by atoms with Gasteiger partial charge in [0.1, 0.15) is 71.2 Å². The predicted octanol–water partition coefficient (Wildman–Crippen LogP) is 9.89. The summed E-state index contributed by atoms with van der Waals surface area (Å²) in [6.45, 7) is 8.48. The first-order valence-electron chi connectivity index (χ1n) is 47.7. The van der Waals surface area contributed by atoms with Crippen molar-refractivity contribution in [2.45, 2.75) is 234 Å². The van der Waals surface area contributed by atoms with E-state index < -0.39 is 250 Å². The number of aromatic amines is 4. The van der Waals surface area contributed by atoms with Crippen molar-refractivity contribution in [2.75, 3.05) is 105 Å². The minimum absolute atomic E-state index is 0.0297. The molecule has 0 spiro atoms. The minimum atomic E-state index is -5.17. The Morgan fingerprint density at radius 3 is 0.907 bits per heavy atom. The van der Waals surface area contributed by atoms with Crippen LogP contribution in [0.25, 0.3) is 0 Å². The molecule has 6 unspecified atom stereocenters. The monoisotopic (exact) mass is 2420 g/mol. The van der Waals surface area contributed by atoms with Crippen molar-refractivity contribution in [1.82, 2.24) is 38.2 Å². The molecule has 18 atom stereocenters. The molecule has 12 N–H and O–H groups in total. The Kier molecular flexibility index (Phi) is 50.7. The number of hydrogen-bond donors (Lipinski definition) is 12. The first-order chi connectivity index (χ1) is 72.6. The summed E-state index contributed by atoms with van der Waals surface area (Å²) in [5.74, 6) is -0.561. The van der Waals surface area contributed by atoms with Crippen molar-refractivity contribution >= 4 is 195 Å². The zero-order valence-corrected chi connectivity index (χ0v) is 94.9. The van der Waals surface area contributed by atoms with Gasteiger partial charge in [0.25, 0.3) is 22.2 Å². The lowest BCUT2D eigenvalue weighted by Gasteiger charge is -2.28. The minimum Gasteiger partial charge on any atom is -0.434 e. The number of thioether (sulfide) groups is 2. The van der Waals surface area contributed by atoms with Gasteiger partial charge < -0.3 is 78.7 Å². The summed E-state index contributed by atoms with van der Waals surface area (Å²) in [4.78, 5) is 148. The molecule has 4 aliphatic rings. The molecule has 8 heterocycles. The lowest BCUT2D eigenvalue weighted by atomic mass is 9.96. The van der Waals surface area contributed by atoms with Gasteiger partial charge in [0.05, 0.1) is 112 Å². The average molecular weight is 2420 g/mol. The predicted molar refractivity (Wildman–Crippen MR) is 543 cm³/mol. The van der Waals surface area contributed by atoms with E-state index in [1.165, 1.54) is 26.2 Å². The SMILES string of the molecule is [2H]C([2H])(OP(=O)(OCCSC(=O)C(C)C)OCOSC(=O)C(C)C)[C@H]1O[C@@H](n2ccc(=O)[nH]c2=S)C(C)(O)[C@H]1O.[2H]C([2H])(OP(=O)(OCCSC(=O)CC)OCOSC(=O)CC)[C@H]1O[C@@H](n2ccc(=O)[nH]c2=S)C(C)(O)[C@H]1O.[2H]C([2H])(OP(=O)(OCOC(=O)OCC(C)(C)C)OCOC(=O)OCC(C)(C)C)[C@H]1O[C@@H](n2ccc(=O)[nH]c2=S)C(C)(O)[C@H]1O.[2H]C([2H])(OP(=O)(OCOSC(C)=O)OCOSC(C)=O)[C@H]1O[C@@H](n2ccc(=O)[nH]c2=S)C(C)(O)[C@H]1O. The fraction of sp³-hybridized carbons (Fsp3) is 0.700. The molecule has 0 amide bonds. The van der Waals surface area contributed by atoms with Crippen LogP contribution in [0.5, 0.6) is 0 Å². The zero-order chi connectivity index (χ0) is 120. The molecule has 4 aromatic heterocycles. The van der Waals surface area contributed by atoms with Crippen LogP contribution in [0.4, 0.5) is 9.59 Å². The Hall–Kier alpha value is -5.14. The fourth-order valence-corrected chi connectivity index (χ4v) is 18.4. The van der Waals surface area contributed by atoms with E-state index >= 15 is 0 Å². The van der Waals surface area contributed by atoms with Gasteiger partial charge in [-0.2, -0.15) is 0 Å². The first kappa shape index (κ1) is 122. The molecule has 852 valence electrons. The number of aliphatic hydroxyl groups is 8. The number of rotatable bonds is 52. The van der Waals surface area contributed by atoms with Gasteiger partial charge in [0.15, 0.2) is 81.4 Å². The Morgan fingerprint density at radius 2 is 0.653 bits per heavy atom. The fourth-order valence-electron chi connectivity index (χ4n) is 10.9. The van der Waals surface area contributed by atoms with Crippen LogP contribution in [0.3, 0.4) is 0 Å². The van der Waals surface area contributed by atoms with E-state index in [1.807, 2.05) is 0 Å². The third kappa shape index (κ3) is 45.0. The molecule has 4 aliphatic heterocycles. The highest BCUT2D eigenvalue weighted by Gasteiger charge is 2.58. The molecule has 0 aliphatic carbocycles. The molecule has 0 saturated carbocycles. The van der Waals surface area contributed by atoms with Gasteiger partial charge in [0.2, 0.25) is 34.0 Å². The van der Waals surface area contributed by atoms with Crippen LogP contribution in [-0.4, -0.2) is 298 Å². The summed E-state index contributed by atoms with van der Waals surface area (Å²) < 4.78 is 244. The molecule has 0 bridgehead atoms. The smallest absolute Gasteiger partial charge is 0.434 e. The number of ether oxygens (including phenoxy) is 8. The Morgan fingerprint density at radius 1 is 0.400 bits per heavy atom. The number of phosphoric acid groups is 4. The van der Waals surface area contributed by atoms with Gasteiger partial charge in [-0.3, -0.25) is 148 Å². The summed E-state index contributed by atoms with van der Waals surface area (Å²) in [5.41, 5.74) is -11.7. The second-order valence-electron chi connectivity index (χ2n) is 34.5. The highest BCUT2D eigenvalue weighted by atomic mass is 32.2. The molecule has 0 aromatic carbocycles. The summed E-state index contributed by atoms with van der Waals surface area (Å²) in [5, 5.41) is 84.8. The summed E-state index contributed by atoms with van der Waals surface area (Å²) in [7, 11) is -19.7. The number of carbonyl (C=O) groups is 8. The molecule has 4 aromatic rings. The Labute approximate surface area is 915 Å². The van der Waals surface area contributed by atoms with Crippen molar-refractivity contribution in [3.63, 3.8) is 0 Å². The number of carbonyl (C=O) groups excluding carboxylic acids is 8. The number of nitrogens with zero attached hydrogens (tertiary/aromatic N) is 4. The van der Waals surface area contributed by atoms with Crippen molar-refractivity contribution in [1.29, 1.82) is 0 Å². The van der Waals surface area contributed by atoms with Crippen molar-refractivity contribution in [2.24, 2.45) is 22.7 Å². The lowest BCUT2D eigenvalue weighted by Crippen LogP contribution is -2.44. The van der Waals surface area contributed by atoms with Gasteiger partial charge in [-0.1, -0.05) is 107 Å². The van der Waals surface area contributed by atoms with Crippen LogP contribution < -0.4 is 22.2 Å². The maximum Gasteiger partial charge on any atom is 0.510 e. The molecule has 4 fully saturated rings. The van der Waals surface area contributed by atoms with Crippen LogP contribution in [0, 0.1) is 41.8 Å². The third-order valence-corrected chi connectivity index (χ3v) is 29.2. The highest BCUT2D eigenvalue weighted by molar-refractivity contribution is 8.14. The van der Waals surface area contributed by atoms with E-state index in [4.69, 9.17) is 169 Å². The molecule has 0 radical (unpaired) electrons. The quantitative estimate of drug-likeness (QED) is 0.00488. The molecule has 8 rings (SSSR count). The van der Waals surface area contributed by atoms with Gasteiger partial charge in [-0.05, 0) is 87.4 Å². The average Bonchev–Trinajstić information content (AvgIpc) is 1.60. The van der Waals surface area contributed by atoms with Crippen LogP contribution in [0.2, 0.25) is 0 Å². The zero-order valence-electron chi connectivity index (χ0n) is 91.2. The standard InChI is InChI=1S/C24H39N2O14PS.C21H33N2O11PS3.C19H29N2O11PS3.C16H23N2O12PS3/c1-22(2,3)11-33-20(29)35-13-38-41(32,39-14-36-21(30)34-12-23(4,5)6)37-10-15-17(28)24(7,31)18(40-15)26-9-8-16(27)25-19(26)42;1-12(2)17(26)37-9-8-30-35(29,32-11-33-38-18(27)13(3)4)31-10-14-16(25)21(5,28)19(34-14)23-7-6-15(24)22-20(23)36;1-4-14(23)35-9-8-28-33(27,30-11-31-36-15(24)5-2)29-10-12-16(25)19(3,26)17(32-12)21-7-6-13(22)20-18(21)34;1-9(19)33-28-7-26-31(24,27-8-29-34-10(2)20)25-6-11-13(22)16(3,23)14(30-11)18-5-4-12(21)17-15(18)32/h8-9,15,17-18,28,31H,10-14H2,1-7H3,(H,25,27,42);6-7,12-14,16,19,25,28H,8-11H2,1-5H3,(H,22,24,36);6-7,12,16-17,25-26H,4-5,8-11H2,1-3H3,(H,20,22,34);4-5,11,13-14,22-23H,6-8H2,1-3H3,(H,17,21,32)/t15-,17+,18-,24?;14-,16+,19-,21?,35?;12-,16+,17-,19?,33?;11-,13+,14-,16?/m1111/s1/i3*10D2;6D2. The van der Waals surface area contributed by atoms with E-state index in [1.54, 1.807) is 83.1 Å². The molecule has 4 saturated heterocycles. The van der Waals surface area contributed by atoms with Gasteiger partial charge in [-0.15, -0.1) is 0 Å². The Balaban J connectivity index is 0.000000370. The first-order valence-corrected chi connectivity index (χ1v) is 56.1. The van der Waals surface area contributed by atoms with Crippen molar-refractivity contribution in [3.8, 4) is 0 Å². The molecular weight excluding hydrogens is 2290 g/mol. The van der Waals surface area contributed by atoms with Gasteiger partial charge in [-0.25, -0.2) is 36.9 Å². The number of phosphoric ester groups is 4. The van der Waals surface area contributed by atoms with E-state index in [0.29, 0.717) is 48.2 Å². The van der Waals surface area contributed by atoms with E-state index in [-0.39, 0.29) is 102 Å². The van der Waals surface area contributed by atoms with Crippen LogP contribution in [0.15, 0.2) is 68.2 Å². The number of hydrogen-bond acceptors (Lipinski definition) is 58. The van der Waals surface area contributed by atoms with E-state index in [2.05, 4.69) is 19.9 Å². The van der Waals surface area contributed by atoms with Crippen LogP contribution in [-0.2, 0) is 156 Å². The second kappa shape index (κ2) is 62.4. The number of aromatic nitrogens is 8. The third-order valence-electron chi connectivity index (χ3n) is 18.6. The molecule has 56 nitrogen and oxygen atoms in total. The largest absolute Gasteiger partial charge is 0.510 e. The normalized spacial score (nSPS) is 25.7. The Bertz CT molecular complexity index is 6130. The summed E-state index contributed by atoms with van der Waals surface area (Å²) in [6.07, 6.45) is -19.3. The van der Waals surface area contributed by atoms with Crippen molar-refractivity contribution < 1.29 is 217 Å². The molecule has 70 heteroatoms. The highest BCUT2D eigenvalue weighted by Crippen LogP contribution is 2.56. The van der Waals surface area contributed by atoms with E-state index in [0.717, 1.165) is 106 Å². The lowest BCUT2D eigenvalue weighted by molar-refractivity contribution is -0.114. The number of nitrogens with one attached hydrogen (secondary N) is 4.